The molecular weight excluding hydrogens is 314 g/mol. The van der Waals surface area contributed by atoms with Crippen molar-refractivity contribution in [3.8, 4) is 11.3 Å². The molecule has 4 heteroatoms. The van der Waals surface area contributed by atoms with E-state index in [2.05, 4.69) is 13.8 Å². The van der Waals surface area contributed by atoms with Crippen LogP contribution in [0.4, 0.5) is 0 Å². The molecule has 1 heterocycles. The van der Waals surface area contributed by atoms with Crippen LogP contribution < -0.4 is 0 Å². The maximum atomic E-state index is 10.7. The molecule has 0 bridgehead atoms. The summed E-state index contributed by atoms with van der Waals surface area (Å²) in [5.41, 5.74) is 3.67. The summed E-state index contributed by atoms with van der Waals surface area (Å²) < 4.78 is 1.27. The molecule has 1 aromatic heterocycles. The van der Waals surface area contributed by atoms with Crippen LogP contribution in [0, 0.1) is 0 Å². The third-order valence-electron chi connectivity index (χ3n) is 3.63. The lowest BCUT2D eigenvalue weighted by Crippen LogP contribution is -1.96. The van der Waals surface area contributed by atoms with Gasteiger partial charge in [0.1, 0.15) is 0 Å². The molecule has 114 valence electrons. The largest absolute Gasteiger partial charge is 0.428 e. The maximum Gasteiger partial charge on any atom is 0.0919 e. The summed E-state index contributed by atoms with van der Waals surface area (Å²) in [6.07, 6.45) is 0. The van der Waals surface area contributed by atoms with E-state index >= 15 is 0 Å². The average Bonchev–Trinajstić information content (AvgIpc) is 2.80. The SMILES string of the molecule is CC(C)SCc1c(-c2ccccc2)n(O)c2cccc(Cl)c12. The lowest BCUT2D eigenvalue weighted by Gasteiger charge is -2.09. The first-order chi connectivity index (χ1) is 10.6. The summed E-state index contributed by atoms with van der Waals surface area (Å²) in [6.45, 7) is 4.35. The second-order valence-electron chi connectivity index (χ2n) is 5.50. The Labute approximate surface area is 139 Å². The Bertz CT molecular complexity index is 796. The number of hydrogen-bond acceptors (Lipinski definition) is 2. The molecule has 2 nitrogen and oxygen atoms in total. The van der Waals surface area contributed by atoms with Crippen molar-refractivity contribution in [3.63, 3.8) is 0 Å². The lowest BCUT2D eigenvalue weighted by molar-refractivity contribution is 0.204. The van der Waals surface area contributed by atoms with Crippen molar-refractivity contribution in [1.29, 1.82) is 0 Å². The van der Waals surface area contributed by atoms with Gasteiger partial charge in [-0.3, -0.25) is 0 Å². The minimum absolute atomic E-state index is 0.517. The molecule has 0 spiro atoms. The molecule has 0 aliphatic carbocycles. The maximum absolute atomic E-state index is 10.7. The molecule has 0 radical (unpaired) electrons. The van der Waals surface area contributed by atoms with Crippen molar-refractivity contribution in [2.75, 3.05) is 0 Å². The molecule has 22 heavy (non-hydrogen) atoms. The van der Waals surface area contributed by atoms with Crippen molar-refractivity contribution in [2.24, 2.45) is 0 Å². The molecule has 0 aliphatic rings. The van der Waals surface area contributed by atoms with Crippen molar-refractivity contribution in [3.05, 3.63) is 59.1 Å². The topological polar surface area (TPSA) is 25.2 Å². The van der Waals surface area contributed by atoms with Crippen molar-refractivity contribution < 1.29 is 5.21 Å². The number of benzene rings is 2. The van der Waals surface area contributed by atoms with Crippen LogP contribution in [0.2, 0.25) is 5.02 Å². The molecule has 3 rings (SSSR count). The molecule has 0 fully saturated rings. The fourth-order valence-electron chi connectivity index (χ4n) is 2.64. The molecule has 0 aliphatic heterocycles. The van der Waals surface area contributed by atoms with Crippen LogP contribution in [-0.2, 0) is 5.75 Å². The molecule has 0 unspecified atom stereocenters. The Balaban J connectivity index is 2.27. The van der Waals surface area contributed by atoms with Crippen LogP contribution in [0.5, 0.6) is 0 Å². The molecular formula is C18H18ClNOS. The number of hydrogen-bond donors (Lipinski definition) is 1. The highest BCUT2D eigenvalue weighted by Gasteiger charge is 2.20. The van der Waals surface area contributed by atoms with Crippen LogP contribution >= 0.6 is 23.4 Å². The fourth-order valence-corrected chi connectivity index (χ4v) is 3.70. The van der Waals surface area contributed by atoms with Gasteiger partial charge in [0.05, 0.1) is 16.2 Å². The average molecular weight is 332 g/mol. The van der Waals surface area contributed by atoms with Crippen molar-refractivity contribution in [2.45, 2.75) is 24.9 Å². The first-order valence-corrected chi connectivity index (χ1v) is 8.70. The zero-order chi connectivity index (χ0) is 15.7. The van der Waals surface area contributed by atoms with Gasteiger partial charge < -0.3 is 5.21 Å². The minimum atomic E-state index is 0.517. The molecule has 0 saturated heterocycles. The van der Waals surface area contributed by atoms with Gasteiger partial charge in [0, 0.05) is 22.3 Å². The standard InChI is InChI=1S/C18H18ClNOS/c1-12(2)22-11-14-17-15(19)9-6-10-16(17)20(21)18(14)13-7-4-3-5-8-13/h3-10,12,21H,11H2,1-2H3. The van der Waals surface area contributed by atoms with Gasteiger partial charge in [-0.15, -0.1) is 0 Å². The van der Waals surface area contributed by atoms with E-state index in [1.807, 2.05) is 60.3 Å². The van der Waals surface area contributed by atoms with Crippen LogP contribution in [-0.4, -0.2) is 15.2 Å². The summed E-state index contributed by atoms with van der Waals surface area (Å²) >= 11 is 8.26. The molecule has 2 aromatic carbocycles. The molecule has 0 atom stereocenters. The van der Waals surface area contributed by atoms with Gasteiger partial charge in [0.2, 0.25) is 0 Å². The van der Waals surface area contributed by atoms with Gasteiger partial charge in [0.25, 0.3) is 0 Å². The van der Waals surface area contributed by atoms with E-state index in [1.54, 1.807) is 0 Å². The molecule has 3 aromatic rings. The third-order valence-corrected chi connectivity index (χ3v) is 5.06. The number of halogens is 1. The Hall–Kier alpha value is -1.58. The number of aromatic nitrogens is 1. The van der Waals surface area contributed by atoms with Crippen LogP contribution in [0.25, 0.3) is 22.2 Å². The highest BCUT2D eigenvalue weighted by Crippen LogP contribution is 2.39. The van der Waals surface area contributed by atoms with Gasteiger partial charge in [-0.05, 0) is 17.4 Å². The number of thioether (sulfide) groups is 1. The number of fused-ring (bicyclic) bond motifs is 1. The summed E-state index contributed by atoms with van der Waals surface area (Å²) in [7, 11) is 0. The van der Waals surface area contributed by atoms with E-state index in [0.29, 0.717) is 10.3 Å². The van der Waals surface area contributed by atoms with Crippen molar-refractivity contribution in [1.82, 2.24) is 4.73 Å². The number of nitrogens with zero attached hydrogens (tertiary/aromatic N) is 1. The predicted molar refractivity (Wildman–Crippen MR) is 96.0 cm³/mol. The first kappa shape index (κ1) is 15.3. The highest BCUT2D eigenvalue weighted by atomic mass is 35.5. The van der Waals surface area contributed by atoms with E-state index in [-0.39, 0.29) is 0 Å². The lowest BCUT2D eigenvalue weighted by atomic mass is 10.1. The molecule has 1 N–H and O–H groups in total. The number of rotatable bonds is 4. The Morgan fingerprint density at radius 2 is 1.82 bits per heavy atom. The van der Waals surface area contributed by atoms with Gasteiger partial charge in [-0.1, -0.05) is 61.8 Å². The van der Waals surface area contributed by atoms with Crippen LogP contribution in [0.1, 0.15) is 19.4 Å². The summed E-state index contributed by atoms with van der Waals surface area (Å²) in [6, 6.07) is 15.6. The van der Waals surface area contributed by atoms with Gasteiger partial charge >= 0.3 is 0 Å². The summed E-state index contributed by atoms with van der Waals surface area (Å²) in [4.78, 5) is 0. The van der Waals surface area contributed by atoms with E-state index in [4.69, 9.17) is 11.6 Å². The third kappa shape index (κ3) is 2.71. The normalized spacial score (nSPS) is 11.5. The predicted octanol–water partition coefficient (Wildman–Crippen LogP) is 5.84. The van der Waals surface area contributed by atoms with Crippen molar-refractivity contribution >= 4 is 34.3 Å². The minimum Gasteiger partial charge on any atom is -0.428 e. The van der Waals surface area contributed by atoms with Gasteiger partial charge in [-0.2, -0.15) is 16.5 Å². The Kier molecular flexibility index (Phi) is 4.37. The molecule has 0 amide bonds. The Morgan fingerprint density at radius 1 is 1.09 bits per heavy atom. The van der Waals surface area contributed by atoms with E-state index in [1.165, 1.54) is 4.73 Å². The Morgan fingerprint density at radius 3 is 2.50 bits per heavy atom. The van der Waals surface area contributed by atoms with E-state index in [0.717, 1.165) is 33.5 Å². The monoisotopic (exact) mass is 331 g/mol. The molecule has 0 saturated carbocycles. The smallest absolute Gasteiger partial charge is 0.0919 e. The van der Waals surface area contributed by atoms with Gasteiger partial charge in [-0.25, -0.2) is 0 Å². The first-order valence-electron chi connectivity index (χ1n) is 7.27. The highest BCUT2D eigenvalue weighted by molar-refractivity contribution is 7.99. The summed E-state index contributed by atoms with van der Waals surface area (Å²) in [5.74, 6) is 0.815. The zero-order valence-electron chi connectivity index (χ0n) is 12.6. The van der Waals surface area contributed by atoms with Crippen LogP contribution in [0.3, 0.4) is 0 Å². The fraction of sp³-hybridized carbons (Fsp3) is 0.222. The summed E-state index contributed by atoms with van der Waals surface area (Å²) in [5, 5.41) is 12.8. The second-order valence-corrected chi connectivity index (χ2v) is 7.47. The quantitative estimate of drug-likeness (QED) is 0.607. The van der Waals surface area contributed by atoms with E-state index < -0.39 is 0 Å². The van der Waals surface area contributed by atoms with Gasteiger partial charge in [0.15, 0.2) is 0 Å². The second kappa shape index (κ2) is 6.27. The zero-order valence-corrected chi connectivity index (χ0v) is 14.2. The van der Waals surface area contributed by atoms with E-state index in [9.17, 15) is 5.21 Å². The van der Waals surface area contributed by atoms with Crippen LogP contribution in [0.15, 0.2) is 48.5 Å².